The highest BCUT2D eigenvalue weighted by atomic mass is 32.2. The van der Waals surface area contributed by atoms with Crippen LogP contribution < -0.4 is 4.74 Å². The summed E-state index contributed by atoms with van der Waals surface area (Å²) in [6, 6.07) is 15.6. The molecule has 2 aromatic rings. The highest BCUT2D eigenvalue weighted by Gasteiger charge is 2.22. The number of rotatable bonds is 6. The summed E-state index contributed by atoms with van der Waals surface area (Å²) in [5.41, 5.74) is 2.52. The third kappa shape index (κ3) is 4.83. The quantitative estimate of drug-likeness (QED) is 0.795. The van der Waals surface area contributed by atoms with Crippen molar-refractivity contribution in [3.63, 3.8) is 0 Å². The summed E-state index contributed by atoms with van der Waals surface area (Å²) >= 11 is 0. The van der Waals surface area contributed by atoms with Crippen molar-refractivity contribution in [2.45, 2.75) is 24.3 Å². The molecule has 4 nitrogen and oxygen atoms in total. The van der Waals surface area contributed by atoms with Crippen molar-refractivity contribution >= 4 is 9.84 Å². The summed E-state index contributed by atoms with van der Waals surface area (Å²) < 4.78 is 28.3. The Morgan fingerprint density at radius 3 is 2.28 bits per heavy atom. The Labute approximate surface area is 150 Å². The highest BCUT2D eigenvalue weighted by Crippen LogP contribution is 2.24. The molecule has 0 spiro atoms. The van der Waals surface area contributed by atoms with E-state index in [4.69, 9.17) is 4.74 Å². The average Bonchev–Trinajstić information content (AvgIpc) is 3.02. The SMILES string of the molecule is COc1ccc(CC2CCN(Cc3ccc(S(C)(=O)=O)cc3)C2)cc1. The van der Waals surface area contributed by atoms with Gasteiger partial charge in [-0.15, -0.1) is 0 Å². The molecule has 0 radical (unpaired) electrons. The zero-order valence-corrected chi connectivity index (χ0v) is 15.6. The van der Waals surface area contributed by atoms with E-state index >= 15 is 0 Å². The molecular weight excluding hydrogens is 334 g/mol. The van der Waals surface area contributed by atoms with Gasteiger partial charge in [-0.3, -0.25) is 4.90 Å². The Hall–Kier alpha value is -1.85. The van der Waals surface area contributed by atoms with Crippen molar-refractivity contribution in [1.29, 1.82) is 0 Å². The smallest absolute Gasteiger partial charge is 0.175 e. The van der Waals surface area contributed by atoms with Crippen LogP contribution in [0.15, 0.2) is 53.4 Å². The molecule has 1 saturated heterocycles. The third-order valence-electron chi connectivity index (χ3n) is 4.81. The minimum absolute atomic E-state index is 0.384. The Morgan fingerprint density at radius 2 is 1.68 bits per heavy atom. The van der Waals surface area contributed by atoms with E-state index in [1.807, 2.05) is 24.3 Å². The van der Waals surface area contributed by atoms with Crippen LogP contribution in [0.1, 0.15) is 17.5 Å². The van der Waals surface area contributed by atoms with E-state index in [2.05, 4.69) is 17.0 Å². The first kappa shape index (κ1) is 18.0. The van der Waals surface area contributed by atoms with E-state index in [1.165, 1.54) is 18.2 Å². The van der Waals surface area contributed by atoms with E-state index in [0.717, 1.165) is 37.4 Å². The second-order valence-corrected chi connectivity index (χ2v) is 8.87. The highest BCUT2D eigenvalue weighted by molar-refractivity contribution is 7.90. The van der Waals surface area contributed by atoms with Crippen molar-refractivity contribution in [3.8, 4) is 5.75 Å². The average molecular weight is 359 g/mol. The molecule has 0 aromatic heterocycles. The van der Waals surface area contributed by atoms with Crippen molar-refractivity contribution in [2.75, 3.05) is 26.5 Å². The standard InChI is InChI=1S/C20H25NO3S/c1-24-19-7-3-16(4-8-19)13-18-11-12-21(15-18)14-17-5-9-20(10-6-17)25(2,22)23/h3-10,18H,11-15H2,1-2H3. The van der Waals surface area contributed by atoms with Crippen molar-refractivity contribution in [2.24, 2.45) is 5.92 Å². The lowest BCUT2D eigenvalue weighted by molar-refractivity contribution is 0.316. The molecule has 2 aromatic carbocycles. The molecule has 1 fully saturated rings. The number of nitrogens with zero attached hydrogens (tertiary/aromatic N) is 1. The lowest BCUT2D eigenvalue weighted by atomic mass is 9.99. The largest absolute Gasteiger partial charge is 0.497 e. The lowest BCUT2D eigenvalue weighted by Crippen LogP contribution is -2.20. The Kier molecular flexibility index (Phi) is 5.45. The molecule has 0 aliphatic carbocycles. The summed E-state index contributed by atoms with van der Waals surface area (Å²) in [7, 11) is -1.43. The fourth-order valence-electron chi connectivity index (χ4n) is 3.42. The van der Waals surface area contributed by atoms with Gasteiger partial charge in [0.05, 0.1) is 12.0 Å². The zero-order valence-electron chi connectivity index (χ0n) is 14.8. The number of methoxy groups -OCH3 is 1. The van der Waals surface area contributed by atoms with Gasteiger partial charge in [-0.2, -0.15) is 0 Å². The predicted octanol–water partition coefficient (Wildman–Crippen LogP) is 3.16. The molecule has 134 valence electrons. The maximum absolute atomic E-state index is 11.5. The molecule has 3 rings (SSSR count). The van der Waals surface area contributed by atoms with Crippen LogP contribution in [-0.2, 0) is 22.8 Å². The number of hydrogen-bond acceptors (Lipinski definition) is 4. The van der Waals surface area contributed by atoms with Crippen molar-refractivity contribution in [3.05, 3.63) is 59.7 Å². The summed E-state index contributed by atoms with van der Waals surface area (Å²) in [5, 5.41) is 0. The first-order chi connectivity index (χ1) is 11.9. The van der Waals surface area contributed by atoms with Crippen LogP contribution in [-0.4, -0.2) is 39.8 Å². The van der Waals surface area contributed by atoms with Crippen LogP contribution in [0.3, 0.4) is 0 Å². The van der Waals surface area contributed by atoms with Crippen LogP contribution in [0.2, 0.25) is 0 Å². The minimum Gasteiger partial charge on any atom is -0.497 e. The summed E-state index contributed by atoms with van der Waals surface area (Å²) in [4.78, 5) is 2.83. The van der Waals surface area contributed by atoms with Gasteiger partial charge in [0.1, 0.15) is 5.75 Å². The number of ether oxygens (including phenoxy) is 1. The molecule has 1 unspecified atom stereocenters. The molecule has 1 aliphatic rings. The van der Waals surface area contributed by atoms with Gasteiger partial charge >= 0.3 is 0 Å². The van der Waals surface area contributed by atoms with E-state index in [9.17, 15) is 8.42 Å². The summed E-state index contributed by atoms with van der Waals surface area (Å²) in [5.74, 6) is 1.57. The van der Waals surface area contributed by atoms with Gasteiger partial charge in [0.25, 0.3) is 0 Å². The van der Waals surface area contributed by atoms with Crippen molar-refractivity contribution < 1.29 is 13.2 Å². The number of likely N-dealkylation sites (tertiary alicyclic amines) is 1. The summed E-state index contributed by atoms with van der Waals surface area (Å²) in [6.07, 6.45) is 3.53. The normalized spacial score (nSPS) is 18.4. The van der Waals surface area contributed by atoms with Crippen molar-refractivity contribution in [1.82, 2.24) is 4.90 Å². The van der Waals surface area contributed by atoms with Crippen LogP contribution in [0, 0.1) is 5.92 Å². The summed E-state index contributed by atoms with van der Waals surface area (Å²) in [6.45, 7) is 3.05. The van der Waals surface area contributed by atoms with Gasteiger partial charge < -0.3 is 4.74 Å². The Morgan fingerprint density at radius 1 is 1.04 bits per heavy atom. The first-order valence-corrected chi connectivity index (χ1v) is 10.5. The molecule has 0 N–H and O–H groups in total. The van der Waals surface area contributed by atoms with Gasteiger partial charge in [0.2, 0.25) is 0 Å². The topological polar surface area (TPSA) is 46.6 Å². The van der Waals surface area contributed by atoms with Gasteiger partial charge in [0, 0.05) is 19.3 Å². The Bertz CT molecular complexity index is 798. The van der Waals surface area contributed by atoms with E-state index in [0.29, 0.717) is 10.8 Å². The van der Waals surface area contributed by atoms with E-state index in [1.54, 1.807) is 19.2 Å². The third-order valence-corrected chi connectivity index (χ3v) is 5.94. The number of benzene rings is 2. The van der Waals surface area contributed by atoms with E-state index in [-0.39, 0.29) is 0 Å². The molecule has 0 amide bonds. The second kappa shape index (κ2) is 7.58. The monoisotopic (exact) mass is 359 g/mol. The maximum Gasteiger partial charge on any atom is 0.175 e. The zero-order chi connectivity index (χ0) is 17.9. The van der Waals surface area contributed by atoms with Crippen LogP contribution >= 0.6 is 0 Å². The number of hydrogen-bond donors (Lipinski definition) is 0. The van der Waals surface area contributed by atoms with Gasteiger partial charge in [0.15, 0.2) is 9.84 Å². The van der Waals surface area contributed by atoms with Gasteiger partial charge in [-0.05, 0) is 60.7 Å². The number of sulfone groups is 1. The van der Waals surface area contributed by atoms with Gasteiger partial charge in [-0.25, -0.2) is 8.42 Å². The lowest BCUT2D eigenvalue weighted by Gasteiger charge is -2.16. The van der Waals surface area contributed by atoms with Crippen LogP contribution in [0.25, 0.3) is 0 Å². The molecule has 0 saturated carbocycles. The van der Waals surface area contributed by atoms with E-state index < -0.39 is 9.84 Å². The van der Waals surface area contributed by atoms with Gasteiger partial charge in [-0.1, -0.05) is 24.3 Å². The molecule has 5 heteroatoms. The van der Waals surface area contributed by atoms with Crippen LogP contribution in [0.4, 0.5) is 0 Å². The van der Waals surface area contributed by atoms with Crippen LogP contribution in [0.5, 0.6) is 5.75 Å². The Balaban J connectivity index is 1.54. The molecule has 1 atom stereocenters. The first-order valence-electron chi connectivity index (χ1n) is 8.58. The molecular formula is C20H25NO3S. The fourth-order valence-corrected chi connectivity index (χ4v) is 4.05. The fraction of sp³-hybridized carbons (Fsp3) is 0.400. The molecule has 1 aliphatic heterocycles. The molecule has 0 bridgehead atoms. The molecule has 25 heavy (non-hydrogen) atoms. The maximum atomic E-state index is 11.5. The molecule has 1 heterocycles. The minimum atomic E-state index is -3.12. The predicted molar refractivity (Wildman–Crippen MR) is 99.6 cm³/mol. The second-order valence-electron chi connectivity index (χ2n) is 6.86.